The van der Waals surface area contributed by atoms with E-state index in [-0.39, 0.29) is 16.7 Å². The molecule has 1 unspecified atom stereocenters. The highest BCUT2D eigenvalue weighted by Crippen LogP contribution is 2.55. The number of benzene rings is 3. The van der Waals surface area contributed by atoms with E-state index < -0.39 is 10.0 Å². The molecule has 0 spiro atoms. The molecule has 3 aliphatic carbocycles. The van der Waals surface area contributed by atoms with Crippen LogP contribution >= 0.6 is 0 Å². The van der Waals surface area contributed by atoms with Crippen molar-refractivity contribution in [2.75, 3.05) is 11.3 Å². The van der Waals surface area contributed by atoms with E-state index in [1.807, 2.05) is 0 Å². The first-order valence-electron chi connectivity index (χ1n) is 12.0. The van der Waals surface area contributed by atoms with Gasteiger partial charge in [-0.15, -0.1) is 0 Å². The van der Waals surface area contributed by atoms with Crippen LogP contribution in [0.5, 0.6) is 0 Å². The van der Waals surface area contributed by atoms with Crippen LogP contribution in [0.15, 0.2) is 102 Å². The Morgan fingerprint density at radius 2 is 1.39 bits per heavy atom. The van der Waals surface area contributed by atoms with Crippen molar-refractivity contribution in [3.05, 3.63) is 125 Å². The molecule has 3 aromatic carbocycles. The van der Waals surface area contributed by atoms with Crippen molar-refractivity contribution in [3.8, 4) is 0 Å². The van der Waals surface area contributed by atoms with E-state index in [9.17, 15) is 13.2 Å². The summed E-state index contributed by atoms with van der Waals surface area (Å²) in [6, 6.07) is 26.5. The van der Waals surface area contributed by atoms with Crippen LogP contribution < -0.4 is 10.0 Å². The fourth-order valence-corrected chi connectivity index (χ4v) is 6.76. The second-order valence-electron chi connectivity index (χ2n) is 9.36. The van der Waals surface area contributed by atoms with E-state index in [1.165, 1.54) is 46.8 Å². The predicted octanol–water partition coefficient (Wildman–Crippen LogP) is 4.91. The maximum atomic E-state index is 13.0. The van der Waals surface area contributed by atoms with Crippen LogP contribution in [0.4, 0.5) is 5.69 Å². The Morgan fingerprint density at radius 3 is 2.00 bits per heavy atom. The second-order valence-corrected chi connectivity index (χ2v) is 11.0. The van der Waals surface area contributed by atoms with E-state index in [0.717, 1.165) is 6.42 Å². The van der Waals surface area contributed by atoms with Crippen LogP contribution in [-0.4, -0.2) is 25.9 Å². The molecule has 6 nitrogen and oxygen atoms in total. The SMILES string of the molecule is O=C(NCC1CC2c3ccccc3C1c1ccccc12)c1ccc(S(=O)(=O)Nc2ccncc2)cc1. The summed E-state index contributed by atoms with van der Waals surface area (Å²) in [6.45, 7) is 0.562. The Labute approximate surface area is 210 Å². The van der Waals surface area contributed by atoms with Crippen molar-refractivity contribution in [3.63, 3.8) is 0 Å². The molecule has 2 N–H and O–H groups in total. The van der Waals surface area contributed by atoms with Gasteiger partial charge in [0.15, 0.2) is 0 Å². The van der Waals surface area contributed by atoms with Gasteiger partial charge < -0.3 is 5.32 Å². The van der Waals surface area contributed by atoms with Gasteiger partial charge in [0.25, 0.3) is 15.9 Å². The zero-order chi connectivity index (χ0) is 24.7. The summed E-state index contributed by atoms with van der Waals surface area (Å²) in [5.41, 5.74) is 6.39. The number of rotatable bonds is 6. The molecule has 36 heavy (non-hydrogen) atoms. The van der Waals surface area contributed by atoms with Gasteiger partial charge in [-0.3, -0.25) is 14.5 Å². The van der Waals surface area contributed by atoms with Crippen molar-refractivity contribution < 1.29 is 13.2 Å². The quantitative estimate of drug-likeness (QED) is 0.398. The van der Waals surface area contributed by atoms with Crippen LogP contribution in [-0.2, 0) is 10.0 Å². The van der Waals surface area contributed by atoms with Gasteiger partial charge in [-0.2, -0.15) is 0 Å². The number of carbonyl (C=O) groups is 1. The van der Waals surface area contributed by atoms with Crippen molar-refractivity contribution in [2.45, 2.75) is 23.2 Å². The third-order valence-electron chi connectivity index (χ3n) is 7.31. The predicted molar refractivity (Wildman–Crippen MR) is 138 cm³/mol. The summed E-state index contributed by atoms with van der Waals surface area (Å²) in [5.74, 6) is 0.702. The standard InChI is InChI=1S/C29H25N3O3S/c33-29(19-9-11-22(12-10-19)36(34,35)32-21-13-15-30-16-14-21)31-18-20-17-27-23-5-1-3-7-25(23)28(20)26-8-4-2-6-24(26)27/h1-16,20,27-28H,17-18H2,(H,30,32)(H,31,33). The Kier molecular flexibility index (Phi) is 5.57. The van der Waals surface area contributed by atoms with Gasteiger partial charge >= 0.3 is 0 Å². The molecule has 7 rings (SSSR count). The van der Waals surface area contributed by atoms with E-state index in [2.05, 4.69) is 63.6 Å². The molecule has 180 valence electrons. The minimum absolute atomic E-state index is 0.0914. The first kappa shape index (κ1) is 22.5. The molecule has 7 heteroatoms. The van der Waals surface area contributed by atoms with E-state index >= 15 is 0 Å². The van der Waals surface area contributed by atoms with E-state index in [4.69, 9.17) is 0 Å². The molecule has 0 saturated heterocycles. The summed E-state index contributed by atoms with van der Waals surface area (Å²) < 4.78 is 27.8. The molecule has 1 heterocycles. The normalized spacial score (nSPS) is 19.7. The lowest BCUT2D eigenvalue weighted by atomic mass is 9.59. The lowest BCUT2D eigenvalue weighted by Crippen LogP contribution is -2.39. The number of nitrogens with one attached hydrogen (secondary N) is 2. The van der Waals surface area contributed by atoms with Crippen molar-refractivity contribution in [2.24, 2.45) is 5.92 Å². The zero-order valence-corrected chi connectivity index (χ0v) is 20.3. The van der Waals surface area contributed by atoms with Gasteiger partial charge in [0.05, 0.1) is 10.6 Å². The number of hydrogen-bond acceptors (Lipinski definition) is 4. The number of pyridine rings is 1. The van der Waals surface area contributed by atoms with Gasteiger partial charge in [0.2, 0.25) is 0 Å². The van der Waals surface area contributed by atoms with Crippen LogP contribution in [0.3, 0.4) is 0 Å². The third kappa shape index (κ3) is 3.95. The van der Waals surface area contributed by atoms with E-state index in [0.29, 0.717) is 29.6 Å². The molecule has 0 fully saturated rings. The Morgan fingerprint density at radius 1 is 0.806 bits per heavy atom. The Bertz CT molecular complexity index is 1490. The molecule has 4 aromatic rings. The van der Waals surface area contributed by atoms with Crippen LogP contribution in [0.2, 0.25) is 0 Å². The fourth-order valence-electron chi connectivity index (χ4n) is 5.71. The molecule has 0 aliphatic heterocycles. The number of amides is 1. The highest BCUT2D eigenvalue weighted by Gasteiger charge is 2.42. The average Bonchev–Trinajstić information content (AvgIpc) is 2.92. The highest BCUT2D eigenvalue weighted by molar-refractivity contribution is 7.92. The number of carbonyl (C=O) groups excluding carboxylic acids is 1. The van der Waals surface area contributed by atoms with Crippen LogP contribution in [0, 0.1) is 5.92 Å². The molecule has 3 aliphatic rings. The molecule has 1 atom stereocenters. The number of anilines is 1. The molecular weight excluding hydrogens is 470 g/mol. The minimum atomic E-state index is -3.76. The number of hydrogen-bond donors (Lipinski definition) is 2. The van der Waals surface area contributed by atoms with Gasteiger partial charge in [0.1, 0.15) is 0 Å². The maximum absolute atomic E-state index is 13.0. The summed E-state index contributed by atoms with van der Waals surface area (Å²) in [6.07, 6.45) is 4.03. The summed E-state index contributed by atoms with van der Waals surface area (Å²) in [4.78, 5) is 16.9. The highest BCUT2D eigenvalue weighted by atomic mass is 32.2. The summed E-state index contributed by atoms with van der Waals surface area (Å²) >= 11 is 0. The molecule has 1 amide bonds. The summed E-state index contributed by atoms with van der Waals surface area (Å²) in [5, 5.41) is 3.10. The number of fused-ring (bicyclic) bond motifs is 1. The maximum Gasteiger partial charge on any atom is 0.261 e. The third-order valence-corrected chi connectivity index (χ3v) is 8.70. The number of sulfonamides is 1. The molecule has 0 radical (unpaired) electrons. The molecule has 2 bridgehead atoms. The molecule has 1 aromatic heterocycles. The first-order chi connectivity index (χ1) is 17.5. The molecule has 0 saturated carbocycles. The number of aromatic nitrogens is 1. The van der Waals surface area contributed by atoms with Gasteiger partial charge in [-0.05, 0) is 71.0 Å². The Balaban J connectivity index is 1.16. The van der Waals surface area contributed by atoms with Crippen molar-refractivity contribution >= 4 is 21.6 Å². The number of nitrogens with zero attached hydrogens (tertiary/aromatic N) is 1. The van der Waals surface area contributed by atoms with E-state index in [1.54, 1.807) is 24.3 Å². The smallest absolute Gasteiger partial charge is 0.261 e. The average molecular weight is 496 g/mol. The van der Waals surface area contributed by atoms with Crippen LogP contribution in [0.1, 0.15) is 50.9 Å². The topological polar surface area (TPSA) is 88.2 Å². The fraction of sp³-hybridized carbons (Fsp3) is 0.172. The van der Waals surface area contributed by atoms with Crippen molar-refractivity contribution in [1.82, 2.24) is 10.3 Å². The largest absolute Gasteiger partial charge is 0.352 e. The minimum Gasteiger partial charge on any atom is -0.352 e. The molecular formula is C29H25N3O3S. The lowest BCUT2D eigenvalue weighted by molar-refractivity contribution is 0.0943. The Hall–Kier alpha value is -3.97. The van der Waals surface area contributed by atoms with Gasteiger partial charge in [-0.25, -0.2) is 8.42 Å². The van der Waals surface area contributed by atoms with Gasteiger partial charge in [-0.1, -0.05) is 48.5 Å². The van der Waals surface area contributed by atoms with Crippen molar-refractivity contribution in [1.29, 1.82) is 0 Å². The van der Waals surface area contributed by atoms with Gasteiger partial charge in [0, 0.05) is 36.3 Å². The second kappa shape index (κ2) is 8.91. The van der Waals surface area contributed by atoms with Crippen LogP contribution in [0.25, 0.3) is 0 Å². The first-order valence-corrected chi connectivity index (χ1v) is 13.5. The lowest BCUT2D eigenvalue weighted by Gasteiger charge is -2.45. The monoisotopic (exact) mass is 495 g/mol. The summed E-state index contributed by atoms with van der Waals surface area (Å²) in [7, 11) is -3.76. The zero-order valence-electron chi connectivity index (χ0n) is 19.5.